The predicted octanol–water partition coefficient (Wildman–Crippen LogP) is 3.96. The number of aliphatic hydroxyl groups is 1. The van der Waals surface area contributed by atoms with Gasteiger partial charge in [0.1, 0.15) is 5.82 Å². The Morgan fingerprint density at radius 1 is 1.21 bits per heavy atom. The van der Waals surface area contributed by atoms with Crippen molar-refractivity contribution in [1.29, 1.82) is 0 Å². The Labute approximate surface area is 167 Å². The van der Waals surface area contributed by atoms with Crippen molar-refractivity contribution in [2.24, 2.45) is 0 Å². The third-order valence-corrected chi connectivity index (χ3v) is 3.68. The second-order valence-corrected chi connectivity index (χ2v) is 5.85. The molecule has 3 rings (SSSR count). The van der Waals surface area contributed by atoms with Crippen molar-refractivity contribution in [2.75, 3.05) is 13.2 Å². The fraction of sp³-hybridized carbons (Fsp3) is 0.167. The minimum atomic E-state index is -4.36. The Balaban J connectivity index is 0.000000208. The van der Waals surface area contributed by atoms with Crippen LogP contribution >= 0.6 is 11.6 Å². The Morgan fingerprint density at radius 3 is 2.55 bits per heavy atom. The first kappa shape index (κ1) is 22.3. The first-order valence-corrected chi connectivity index (χ1v) is 8.38. The number of carbonyl (C=O) groups is 1. The third kappa shape index (κ3) is 6.54. The van der Waals surface area contributed by atoms with Gasteiger partial charge in [-0.3, -0.25) is 4.79 Å². The molecule has 1 aromatic heterocycles. The normalized spacial score (nSPS) is 10.8. The highest BCUT2D eigenvalue weighted by atomic mass is 35.5. The fourth-order valence-corrected chi connectivity index (χ4v) is 2.22. The van der Waals surface area contributed by atoms with E-state index in [9.17, 15) is 22.4 Å². The SMILES string of the molecule is FC(F)(F)c1cccc(-c2ncon2)c1.O=C(NCCO)c1ccc(F)c(Cl)c1. The van der Waals surface area contributed by atoms with Crippen molar-refractivity contribution in [1.82, 2.24) is 15.5 Å². The summed E-state index contributed by atoms with van der Waals surface area (Å²) in [5.74, 6) is -0.813. The van der Waals surface area contributed by atoms with Crippen molar-refractivity contribution in [3.8, 4) is 11.4 Å². The molecule has 2 aromatic carbocycles. The molecule has 11 heteroatoms. The number of aromatic nitrogens is 2. The maximum atomic E-state index is 12.7. The standard InChI is InChI=1S/C9H9ClFNO2.C9H5F3N2O/c10-7-5-6(1-2-8(7)11)9(14)12-3-4-13;10-9(11,12)7-3-1-2-6(4-7)8-13-5-15-14-8/h1-2,5,13H,3-4H2,(H,12,14);1-5H. The van der Waals surface area contributed by atoms with E-state index in [1.165, 1.54) is 24.3 Å². The average molecular weight is 432 g/mol. The highest BCUT2D eigenvalue weighted by molar-refractivity contribution is 6.31. The Kier molecular flexibility index (Phi) is 7.68. The Morgan fingerprint density at radius 2 is 1.97 bits per heavy atom. The van der Waals surface area contributed by atoms with E-state index < -0.39 is 17.6 Å². The van der Waals surface area contributed by atoms with Crippen LogP contribution in [0.15, 0.2) is 53.4 Å². The largest absolute Gasteiger partial charge is 0.416 e. The van der Waals surface area contributed by atoms with Crippen molar-refractivity contribution < 1.29 is 32.0 Å². The molecule has 1 amide bonds. The van der Waals surface area contributed by atoms with E-state index in [0.29, 0.717) is 0 Å². The molecule has 2 N–H and O–H groups in total. The summed E-state index contributed by atoms with van der Waals surface area (Å²) in [4.78, 5) is 14.9. The van der Waals surface area contributed by atoms with Gasteiger partial charge in [0.05, 0.1) is 17.2 Å². The molecular weight excluding hydrogens is 418 g/mol. The number of alkyl halides is 3. The van der Waals surface area contributed by atoms with E-state index in [1.54, 1.807) is 0 Å². The fourth-order valence-electron chi connectivity index (χ4n) is 2.04. The number of benzene rings is 2. The summed E-state index contributed by atoms with van der Waals surface area (Å²) in [6.07, 6.45) is -3.30. The van der Waals surface area contributed by atoms with Crippen molar-refractivity contribution in [3.63, 3.8) is 0 Å². The number of hydrogen-bond donors (Lipinski definition) is 2. The zero-order valence-electron chi connectivity index (χ0n) is 14.6. The van der Waals surface area contributed by atoms with Crippen LogP contribution in [-0.4, -0.2) is 34.3 Å². The van der Waals surface area contributed by atoms with Gasteiger partial charge in [0.25, 0.3) is 5.91 Å². The lowest BCUT2D eigenvalue weighted by Crippen LogP contribution is -2.26. The van der Waals surface area contributed by atoms with Gasteiger partial charge in [-0.1, -0.05) is 28.9 Å². The number of carbonyl (C=O) groups excluding carboxylic acids is 1. The zero-order chi connectivity index (χ0) is 21.4. The molecule has 0 aliphatic heterocycles. The molecule has 0 saturated heterocycles. The van der Waals surface area contributed by atoms with E-state index in [2.05, 4.69) is 20.0 Å². The highest BCUT2D eigenvalue weighted by Crippen LogP contribution is 2.31. The summed E-state index contributed by atoms with van der Waals surface area (Å²) in [6, 6.07) is 8.44. The molecule has 0 spiro atoms. The Bertz CT molecular complexity index is 950. The van der Waals surface area contributed by atoms with Gasteiger partial charge in [0.2, 0.25) is 12.2 Å². The van der Waals surface area contributed by atoms with Crippen LogP contribution in [0.25, 0.3) is 11.4 Å². The number of rotatable bonds is 4. The zero-order valence-corrected chi connectivity index (χ0v) is 15.3. The van der Waals surface area contributed by atoms with Crippen LogP contribution in [0, 0.1) is 5.82 Å². The van der Waals surface area contributed by atoms with Crippen LogP contribution in [0.5, 0.6) is 0 Å². The van der Waals surface area contributed by atoms with Crippen LogP contribution in [0.4, 0.5) is 17.6 Å². The molecule has 0 fully saturated rings. The lowest BCUT2D eigenvalue weighted by atomic mass is 10.1. The van der Waals surface area contributed by atoms with Crippen LogP contribution in [0.2, 0.25) is 5.02 Å². The monoisotopic (exact) mass is 431 g/mol. The van der Waals surface area contributed by atoms with Gasteiger partial charge in [-0.2, -0.15) is 18.2 Å². The van der Waals surface area contributed by atoms with Gasteiger partial charge in [-0.05, 0) is 30.3 Å². The predicted molar refractivity (Wildman–Crippen MR) is 95.6 cm³/mol. The molecule has 0 atom stereocenters. The molecule has 0 saturated carbocycles. The maximum absolute atomic E-state index is 12.7. The van der Waals surface area contributed by atoms with Crippen LogP contribution in [0.3, 0.4) is 0 Å². The molecule has 3 aromatic rings. The van der Waals surface area contributed by atoms with Crippen LogP contribution < -0.4 is 5.32 Å². The van der Waals surface area contributed by atoms with E-state index in [4.69, 9.17) is 16.7 Å². The summed E-state index contributed by atoms with van der Waals surface area (Å²) in [7, 11) is 0. The van der Waals surface area contributed by atoms with Gasteiger partial charge in [0.15, 0.2) is 0 Å². The van der Waals surface area contributed by atoms with Crippen LogP contribution in [0.1, 0.15) is 15.9 Å². The average Bonchev–Trinajstić information content (AvgIpc) is 3.23. The van der Waals surface area contributed by atoms with E-state index in [0.717, 1.165) is 24.6 Å². The molecule has 29 heavy (non-hydrogen) atoms. The van der Waals surface area contributed by atoms with Gasteiger partial charge in [-0.25, -0.2) is 4.39 Å². The number of aliphatic hydroxyl groups excluding tert-OH is 1. The number of halogens is 5. The number of amides is 1. The molecular formula is C18H14ClF4N3O3. The number of nitrogens with zero attached hydrogens (tertiary/aromatic N) is 2. The van der Waals surface area contributed by atoms with Crippen molar-refractivity contribution in [2.45, 2.75) is 6.18 Å². The summed E-state index contributed by atoms with van der Waals surface area (Å²) in [6.45, 7) is 0.0223. The quantitative estimate of drug-likeness (QED) is 0.610. The van der Waals surface area contributed by atoms with E-state index in [-0.39, 0.29) is 41.0 Å². The van der Waals surface area contributed by atoms with E-state index >= 15 is 0 Å². The van der Waals surface area contributed by atoms with Crippen molar-refractivity contribution >= 4 is 17.5 Å². The number of nitrogens with one attached hydrogen (secondary N) is 1. The lowest BCUT2D eigenvalue weighted by Gasteiger charge is -2.06. The topological polar surface area (TPSA) is 88.2 Å². The molecule has 154 valence electrons. The van der Waals surface area contributed by atoms with E-state index in [1.807, 2.05) is 0 Å². The molecule has 1 heterocycles. The van der Waals surface area contributed by atoms with Gasteiger partial charge >= 0.3 is 6.18 Å². The minimum Gasteiger partial charge on any atom is -0.395 e. The molecule has 0 aliphatic rings. The second-order valence-electron chi connectivity index (χ2n) is 5.44. The van der Waals surface area contributed by atoms with Crippen molar-refractivity contribution in [3.05, 3.63) is 70.8 Å². The van der Waals surface area contributed by atoms with Gasteiger partial charge in [0, 0.05) is 17.7 Å². The smallest absolute Gasteiger partial charge is 0.395 e. The maximum Gasteiger partial charge on any atom is 0.416 e. The summed E-state index contributed by atoms with van der Waals surface area (Å²) < 4.78 is 54.2. The first-order chi connectivity index (χ1) is 13.7. The summed E-state index contributed by atoms with van der Waals surface area (Å²) >= 11 is 5.49. The molecule has 0 bridgehead atoms. The molecule has 6 nitrogen and oxygen atoms in total. The van der Waals surface area contributed by atoms with Gasteiger partial charge in [-0.15, -0.1) is 0 Å². The third-order valence-electron chi connectivity index (χ3n) is 3.39. The molecule has 0 radical (unpaired) electrons. The number of hydrogen-bond acceptors (Lipinski definition) is 5. The van der Waals surface area contributed by atoms with Crippen LogP contribution in [-0.2, 0) is 6.18 Å². The summed E-state index contributed by atoms with van der Waals surface area (Å²) in [5.41, 5.74) is -0.187. The van der Waals surface area contributed by atoms with Gasteiger partial charge < -0.3 is 14.9 Å². The second kappa shape index (κ2) is 9.99. The lowest BCUT2D eigenvalue weighted by molar-refractivity contribution is -0.137. The Hall–Kier alpha value is -2.98. The molecule has 0 aliphatic carbocycles. The molecule has 0 unspecified atom stereocenters. The first-order valence-electron chi connectivity index (χ1n) is 8.00. The minimum absolute atomic E-state index is 0.0957. The highest BCUT2D eigenvalue weighted by Gasteiger charge is 2.30. The summed E-state index contributed by atoms with van der Waals surface area (Å²) in [5, 5.41) is 14.2.